The maximum atomic E-state index is 12.4. The summed E-state index contributed by atoms with van der Waals surface area (Å²) < 4.78 is 9.34. The Bertz CT molecular complexity index is 933. The number of nitrogens with zero attached hydrogens (tertiary/aromatic N) is 4. The van der Waals surface area contributed by atoms with Crippen LogP contribution in [-0.2, 0) is 36.0 Å². The van der Waals surface area contributed by atoms with Crippen LogP contribution in [0.1, 0.15) is 24.0 Å². The highest BCUT2D eigenvalue weighted by Crippen LogP contribution is 2.20. The van der Waals surface area contributed by atoms with E-state index in [0.717, 1.165) is 28.8 Å². The molecule has 29 heavy (non-hydrogen) atoms. The van der Waals surface area contributed by atoms with Crippen molar-refractivity contribution in [1.29, 1.82) is 0 Å². The molecular formula is C21H27N5O2S. The maximum Gasteiger partial charge on any atom is 0.234 e. The number of hydrogen-bond acceptors (Lipinski definition) is 5. The van der Waals surface area contributed by atoms with Crippen molar-refractivity contribution in [2.45, 2.75) is 31.5 Å². The second-order valence-corrected chi connectivity index (χ2v) is 7.66. The Morgan fingerprint density at radius 3 is 2.66 bits per heavy atom. The lowest BCUT2D eigenvalue weighted by molar-refractivity contribution is -0.113. The van der Waals surface area contributed by atoms with Gasteiger partial charge in [-0.25, -0.2) is 0 Å². The fourth-order valence-electron chi connectivity index (χ4n) is 2.96. The first-order valence-corrected chi connectivity index (χ1v) is 10.6. The second-order valence-electron chi connectivity index (χ2n) is 6.72. The SMILES string of the molecule is CCc1ccc(NC(=O)CSc2nnc(Cc3cccn3C)n2CCOC)cc1. The van der Waals surface area contributed by atoms with Crippen molar-refractivity contribution in [1.82, 2.24) is 19.3 Å². The van der Waals surface area contributed by atoms with E-state index in [1.54, 1.807) is 7.11 Å². The third-order valence-electron chi connectivity index (χ3n) is 4.68. The Labute approximate surface area is 175 Å². The molecule has 154 valence electrons. The summed E-state index contributed by atoms with van der Waals surface area (Å²) in [4.78, 5) is 12.4. The molecule has 7 nitrogen and oxygen atoms in total. The van der Waals surface area contributed by atoms with E-state index in [-0.39, 0.29) is 11.7 Å². The summed E-state index contributed by atoms with van der Waals surface area (Å²) >= 11 is 1.39. The third-order valence-corrected chi connectivity index (χ3v) is 5.65. The lowest BCUT2D eigenvalue weighted by Gasteiger charge is -2.10. The van der Waals surface area contributed by atoms with Gasteiger partial charge in [0.05, 0.1) is 12.4 Å². The summed E-state index contributed by atoms with van der Waals surface area (Å²) in [5, 5.41) is 12.3. The van der Waals surface area contributed by atoms with Crippen molar-refractivity contribution in [3.63, 3.8) is 0 Å². The van der Waals surface area contributed by atoms with E-state index in [1.807, 2.05) is 48.1 Å². The van der Waals surface area contributed by atoms with E-state index in [1.165, 1.54) is 17.3 Å². The van der Waals surface area contributed by atoms with Gasteiger partial charge in [0, 0.05) is 44.7 Å². The van der Waals surface area contributed by atoms with Gasteiger partial charge in [0.1, 0.15) is 5.82 Å². The van der Waals surface area contributed by atoms with E-state index in [4.69, 9.17) is 4.74 Å². The number of carbonyl (C=O) groups is 1. The monoisotopic (exact) mass is 413 g/mol. The zero-order valence-electron chi connectivity index (χ0n) is 17.1. The number of aryl methyl sites for hydroxylation is 2. The first-order valence-electron chi connectivity index (χ1n) is 9.63. The minimum absolute atomic E-state index is 0.0653. The summed E-state index contributed by atoms with van der Waals surface area (Å²) in [6.07, 6.45) is 3.67. The number of anilines is 1. The van der Waals surface area contributed by atoms with Gasteiger partial charge < -0.3 is 19.2 Å². The van der Waals surface area contributed by atoms with Gasteiger partial charge in [-0.2, -0.15) is 0 Å². The average Bonchev–Trinajstić information content (AvgIpc) is 3.31. The number of ether oxygens (including phenoxy) is 1. The molecule has 0 saturated heterocycles. The van der Waals surface area contributed by atoms with Gasteiger partial charge in [-0.1, -0.05) is 30.8 Å². The molecule has 2 heterocycles. The number of amides is 1. The van der Waals surface area contributed by atoms with Crippen LogP contribution in [0, 0.1) is 0 Å². The van der Waals surface area contributed by atoms with Gasteiger partial charge >= 0.3 is 0 Å². The number of hydrogen-bond donors (Lipinski definition) is 1. The van der Waals surface area contributed by atoms with Crippen LogP contribution in [0.4, 0.5) is 5.69 Å². The molecule has 0 spiro atoms. The van der Waals surface area contributed by atoms with E-state index >= 15 is 0 Å². The topological polar surface area (TPSA) is 74.0 Å². The lowest BCUT2D eigenvalue weighted by atomic mass is 10.1. The molecule has 0 saturated carbocycles. The van der Waals surface area contributed by atoms with Gasteiger partial charge in [-0.15, -0.1) is 10.2 Å². The second kappa shape index (κ2) is 10.3. The summed E-state index contributed by atoms with van der Waals surface area (Å²) in [6, 6.07) is 12.0. The van der Waals surface area contributed by atoms with E-state index < -0.39 is 0 Å². The molecule has 0 aliphatic carbocycles. The van der Waals surface area contributed by atoms with E-state index in [0.29, 0.717) is 19.6 Å². The fourth-order valence-corrected chi connectivity index (χ4v) is 3.74. The molecular weight excluding hydrogens is 386 g/mol. The highest BCUT2D eigenvalue weighted by atomic mass is 32.2. The standard InChI is InChI=1S/C21H27N5O2S/c1-4-16-7-9-17(10-8-16)22-20(27)15-29-21-24-23-19(26(21)12-13-28-3)14-18-6-5-11-25(18)2/h5-11H,4,12-15H2,1-3H3,(H,22,27). The fraction of sp³-hybridized carbons (Fsp3) is 0.381. The van der Waals surface area contributed by atoms with Crippen LogP contribution in [0.5, 0.6) is 0 Å². The number of benzene rings is 1. The van der Waals surface area contributed by atoms with Crippen molar-refractivity contribution < 1.29 is 9.53 Å². The first-order chi connectivity index (χ1) is 14.1. The maximum absolute atomic E-state index is 12.4. The average molecular weight is 414 g/mol. The Morgan fingerprint density at radius 2 is 2.00 bits per heavy atom. The predicted molar refractivity (Wildman–Crippen MR) is 115 cm³/mol. The number of nitrogens with one attached hydrogen (secondary N) is 1. The zero-order chi connectivity index (χ0) is 20.6. The summed E-state index contributed by atoms with van der Waals surface area (Å²) in [7, 11) is 3.68. The van der Waals surface area contributed by atoms with E-state index in [9.17, 15) is 4.79 Å². The van der Waals surface area contributed by atoms with Crippen LogP contribution in [0.2, 0.25) is 0 Å². The lowest BCUT2D eigenvalue weighted by Crippen LogP contribution is -2.15. The molecule has 1 aromatic carbocycles. The molecule has 0 unspecified atom stereocenters. The van der Waals surface area contributed by atoms with Gasteiger partial charge in [-0.05, 0) is 36.2 Å². The largest absolute Gasteiger partial charge is 0.383 e. The number of carbonyl (C=O) groups excluding carboxylic acids is 1. The molecule has 0 atom stereocenters. The minimum Gasteiger partial charge on any atom is -0.383 e. The Balaban J connectivity index is 1.64. The summed E-state index contributed by atoms with van der Waals surface area (Å²) in [6.45, 7) is 3.31. The number of aromatic nitrogens is 4. The Hall–Kier alpha value is -2.58. The zero-order valence-corrected chi connectivity index (χ0v) is 17.9. The molecule has 2 aromatic heterocycles. The van der Waals surface area contributed by atoms with E-state index in [2.05, 4.69) is 33.1 Å². The quantitative estimate of drug-likeness (QED) is 0.517. The molecule has 1 amide bonds. The number of rotatable bonds is 10. The van der Waals surface area contributed by atoms with Crippen LogP contribution in [0.25, 0.3) is 0 Å². The smallest absolute Gasteiger partial charge is 0.234 e. The molecule has 0 bridgehead atoms. The predicted octanol–water partition coefficient (Wildman–Crippen LogP) is 3.15. The summed E-state index contributed by atoms with van der Waals surface area (Å²) in [5.41, 5.74) is 3.20. The molecule has 3 aromatic rings. The van der Waals surface area contributed by atoms with Crippen LogP contribution in [0.3, 0.4) is 0 Å². The molecule has 0 aliphatic rings. The Morgan fingerprint density at radius 1 is 1.21 bits per heavy atom. The van der Waals surface area contributed by atoms with Crippen molar-refractivity contribution in [2.24, 2.45) is 7.05 Å². The highest BCUT2D eigenvalue weighted by Gasteiger charge is 2.15. The molecule has 3 rings (SSSR count). The molecule has 0 radical (unpaired) electrons. The van der Waals surface area contributed by atoms with Crippen molar-refractivity contribution >= 4 is 23.4 Å². The normalized spacial score (nSPS) is 11.0. The first kappa shape index (κ1) is 21.1. The molecule has 0 fully saturated rings. The van der Waals surface area contributed by atoms with Gasteiger partial charge in [-0.3, -0.25) is 4.79 Å². The summed E-state index contributed by atoms with van der Waals surface area (Å²) in [5.74, 6) is 1.07. The Kier molecular flexibility index (Phi) is 7.48. The minimum atomic E-state index is -0.0653. The molecule has 8 heteroatoms. The van der Waals surface area contributed by atoms with Crippen LogP contribution >= 0.6 is 11.8 Å². The van der Waals surface area contributed by atoms with Crippen LogP contribution in [0.15, 0.2) is 47.8 Å². The third kappa shape index (κ3) is 5.71. The van der Waals surface area contributed by atoms with Crippen LogP contribution in [-0.4, -0.2) is 44.7 Å². The molecule has 0 aliphatic heterocycles. The van der Waals surface area contributed by atoms with Crippen molar-refractivity contribution in [3.05, 3.63) is 59.7 Å². The van der Waals surface area contributed by atoms with Gasteiger partial charge in [0.15, 0.2) is 5.16 Å². The van der Waals surface area contributed by atoms with Gasteiger partial charge in [0.2, 0.25) is 5.91 Å². The number of methoxy groups -OCH3 is 1. The molecule has 1 N–H and O–H groups in total. The number of thioether (sulfide) groups is 1. The van der Waals surface area contributed by atoms with Crippen LogP contribution < -0.4 is 5.32 Å². The van der Waals surface area contributed by atoms with Gasteiger partial charge in [0.25, 0.3) is 0 Å². The highest BCUT2D eigenvalue weighted by molar-refractivity contribution is 7.99. The van der Waals surface area contributed by atoms with Crippen molar-refractivity contribution in [3.8, 4) is 0 Å². The van der Waals surface area contributed by atoms with Crippen molar-refractivity contribution in [2.75, 3.05) is 24.8 Å².